The molecule has 0 aliphatic carbocycles. The molecule has 1 N–H and O–H groups in total. The number of amides is 1. The number of hydrogen-bond donors (Lipinski definition) is 1. The Morgan fingerprint density at radius 1 is 1.67 bits per heavy atom. The third-order valence-electron chi connectivity index (χ3n) is 3.21. The normalized spacial score (nSPS) is 19.1. The van der Waals surface area contributed by atoms with E-state index in [9.17, 15) is 4.79 Å². The van der Waals surface area contributed by atoms with Gasteiger partial charge in [0.1, 0.15) is 0 Å². The molecule has 2 heterocycles. The number of methoxy groups -OCH3 is 1. The molecular formula is C13H20N2O2S. The van der Waals surface area contributed by atoms with Crippen molar-refractivity contribution < 1.29 is 9.53 Å². The molecule has 100 valence electrons. The van der Waals surface area contributed by atoms with Crippen LogP contribution in [-0.4, -0.2) is 44.2 Å². The molecule has 18 heavy (non-hydrogen) atoms. The van der Waals surface area contributed by atoms with Crippen LogP contribution in [0, 0.1) is 5.92 Å². The number of carbonyl (C=O) groups excluding carboxylic acids is 1. The molecule has 0 saturated carbocycles. The number of thiophene rings is 1. The van der Waals surface area contributed by atoms with Gasteiger partial charge in [-0.25, -0.2) is 0 Å². The van der Waals surface area contributed by atoms with Crippen LogP contribution in [0.4, 0.5) is 0 Å². The van der Waals surface area contributed by atoms with E-state index in [1.807, 2.05) is 16.3 Å². The van der Waals surface area contributed by atoms with Gasteiger partial charge in [0, 0.05) is 25.1 Å². The van der Waals surface area contributed by atoms with Crippen LogP contribution in [0.5, 0.6) is 0 Å². The highest BCUT2D eigenvalue weighted by Gasteiger charge is 2.27. The van der Waals surface area contributed by atoms with Gasteiger partial charge in [-0.15, -0.1) is 11.3 Å². The highest BCUT2D eigenvalue weighted by Crippen LogP contribution is 2.16. The summed E-state index contributed by atoms with van der Waals surface area (Å²) in [7, 11) is 1.67. The first-order chi connectivity index (χ1) is 8.81. The molecular weight excluding hydrogens is 248 g/mol. The summed E-state index contributed by atoms with van der Waals surface area (Å²) in [5, 5.41) is 5.29. The van der Waals surface area contributed by atoms with Crippen molar-refractivity contribution in [1.82, 2.24) is 10.2 Å². The van der Waals surface area contributed by atoms with Crippen molar-refractivity contribution in [2.24, 2.45) is 5.92 Å². The number of rotatable bonds is 6. The minimum Gasteiger partial charge on any atom is -0.383 e. The van der Waals surface area contributed by atoms with Crippen LogP contribution in [0.15, 0.2) is 17.5 Å². The Balaban J connectivity index is 1.96. The van der Waals surface area contributed by atoms with Crippen molar-refractivity contribution >= 4 is 17.2 Å². The first-order valence-electron chi connectivity index (χ1n) is 6.32. The second kappa shape index (κ2) is 6.87. The molecule has 1 aliphatic rings. The van der Waals surface area contributed by atoms with Crippen LogP contribution in [0.3, 0.4) is 0 Å². The zero-order valence-electron chi connectivity index (χ0n) is 10.7. The predicted molar refractivity (Wildman–Crippen MR) is 72.6 cm³/mol. The smallest absolute Gasteiger partial charge is 0.227 e. The third kappa shape index (κ3) is 3.54. The van der Waals surface area contributed by atoms with Crippen molar-refractivity contribution in [2.45, 2.75) is 13.0 Å². The average Bonchev–Trinajstić information content (AvgIpc) is 3.06. The van der Waals surface area contributed by atoms with E-state index < -0.39 is 0 Å². The summed E-state index contributed by atoms with van der Waals surface area (Å²) >= 11 is 1.69. The van der Waals surface area contributed by atoms with E-state index >= 15 is 0 Å². The summed E-state index contributed by atoms with van der Waals surface area (Å²) in [6.07, 6.45) is 0.951. The Morgan fingerprint density at radius 3 is 3.17 bits per heavy atom. The van der Waals surface area contributed by atoms with Gasteiger partial charge in [0.05, 0.1) is 19.1 Å². The van der Waals surface area contributed by atoms with Crippen LogP contribution in [0.1, 0.15) is 11.3 Å². The topological polar surface area (TPSA) is 41.6 Å². The molecule has 4 nitrogen and oxygen atoms in total. The van der Waals surface area contributed by atoms with Gasteiger partial charge in [0.25, 0.3) is 0 Å². The highest BCUT2D eigenvalue weighted by atomic mass is 32.1. The zero-order chi connectivity index (χ0) is 12.8. The van der Waals surface area contributed by atoms with Gasteiger partial charge in [-0.1, -0.05) is 6.07 Å². The molecule has 1 aromatic heterocycles. The molecule has 0 bridgehead atoms. The van der Waals surface area contributed by atoms with Gasteiger partial charge >= 0.3 is 0 Å². The van der Waals surface area contributed by atoms with Gasteiger partial charge in [-0.3, -0.25) is 4.79 Å². The molecule has 1 fully saturated rings. The molecule has 1 amide bonds. The predicted octanol–water partition coefficient (Wildman–Crippen LogP) is 1.33. The van der Waals surface area contributed by atoms with Gasteiger partial charge < -0.3 is 15.0 Å². The molecule has 0 spiro atoms. The Bertz CT molecular complexity index is 361. The number of hydrogen-bond acceptors (Lipinski definition) is 4. The fourth-order valence-corrected chi connectivity index (χ4v) is 2.90. The summed E-state index contributed by atoms with van der Waals surface area (Å²) in [6, 6.07) is 4.10. The Morgan fingerprint density at radius 2 is 2.56 bits per heavy atom. The molecule has 1 aliphatic heterocycles. The molecule has 0 aromatic carbocycles. The van der Waals surface area contributed by atoms with E-state index in [0.29, 0.717) is 19.7 Å². The van der Waals surface area contributed by atoms with Crippen molar-refractivity contribution in [2.75, 3.05) is 33.4 Å². The summed E-state index contributed by atoms with van der Waals surface area (Å²) in [4.78, 5) is 15.6. The van der Waals surface area contributed by atoms with E-state index in [2.05, 4.69) is 11.4 Å². The lowest BCUT2D eigenvalue weighted by Crippen LogP contribution is -2.38. The van der Waals surface area contributed by atoms with Crippen molar-refractivity contribution in [3.8, 4) is 0 Å². The lowest BCUT2D eigenvalue weighted by atomic mass is 10.1. The lowest BCUT2D eigenvalue weighted by molar-refractivity contribution is -0.136. The van der Waals surface area contributed by atoms with Crippen LogP contribution in [0.2, 0.25) is 0 Å². The van der Waals surface area contributed by atoms with Gasteiger partial charge in [0.2, 0.25) is 5.91 Å². The Kier molecular flexibility index (Phi) is 5.16. The second-order valence-electron chi connectivity index (χ2n) is 4.52. The van der Waals surface area contributed by atoms with E-state index in [1.54, 1.807) is 18.4 Å². The summed E-state index contributed by atoms with van der Waals surface area (Å²) in [6.45, 7) is 3.73. The maximum absolute atomic E-state index is 12.4. The zero-order valence-corrected chi connectivity index (χ0v) is 11.5. The minimum absolute atomic E-state index is 0.141. The highest BCUT2D eigenvalue weighted by molar-refractivity contribution is 7.09. The van der Waals surface area contributed by atoms with Crippen molar-refractivity contribution in [3.05, 3.63) is 22.4 Å². The largest absolute Gasteiger partial charge is 0.383 e. The fraction of sp³-hybridized carbons (Fsp3) is 0.615. The first-order valence-corrected chi connectivity index (χ1v) is 7.20. The van der Waals surface area contributed by atoms with Crippen LogP contribution in [0.25, 0.3) is 0 Å². The summed E-state index contributed by atoms with van der Waals surface area (Å²) in [5.41, 5.74) is 0. The number of nitrogens with one attached hydrogen (secondary N) is 1. The lowest BCUT2D eigenvalue weighted by Gasteiger charge is -2.24. The third-order valence-corrected chi connectivity index (χ3v) is 4.07. The van der Waals surface area contributed by atoms with E-state index in [-0.39, 0.29) is 11.8 Å². The van der Waals surface area contributed by atoms with Gasteiger partial charge in [-0.2, -0.15) is 0 Å². The first kappa shape index (κ1) is 13.5. The van der Waals surface area contributed by atoms with E-state index in [4.69, 9.17) is 4.74 Å². The minimum atomic E-state index is 0.141. The van der Waals surface area contributed by atoms with Gasteiger partial charge in [0.15, 0.2) is 0 Å². The molecule has 0 unspecified atom stereocenters. The molecule has 0 radical (unpaired) electrons. The van der Waals surface area contributed by atoms with Crippen LogP contribution in [-0.2, 0) is 16.1 Å². The summed E-state index contributed by atoms with van der Waals surface area (Å²) < 4.78 is 5.10. The fourth-order valence-electron chi connectivity index (χ4n) is 2.18. The van der Waals surface area contributed by atoms with Crippen molar-refractivity contribution in [1.29, 1.82) is 0 Å². The number of nitrogens with zero attached hydrogens (tertiary/aromatic N) is 1. The molecule has 1 saturated heterocycles. The Hall–Kier alpha value is -0.910. The number of ether oxygens (including phenoxy) is 1. The monoisotopic (exact) mass is 268 g/mol. The SMILES string of the molecule is COCCN(Cc1cccs1)C(=O)[C@@H]1CCNC1. The Labute approximate surface area is 112 Å². The van der Waals surface area contributed by atoms with E-state index in [1.165, 1.54) is 4.88 Å². The standard InChI is InChI=1S/C13H20N2O2S/c1-17-7-6-15(10-12-3-2-8-18-12)13(16)11-4-5-14-9-11/h2-3,8,11,14H,4-7,9-10H2,1H3/t11-/m1/s1. The summed E-state index contributed by atoms with van der Waals surface area (Å²) in [5.74, 6) is 0.396. The van der Waals surface area contributed by atoms with Crippen LogP contribution >= 0.6 is 11.3 Å². The second-order valence-corrected chi connectivity index (χ2v) is 5.55. The van der Waals surface area contributed by atoms with Crippen LogP contribution < -0.4 is 5.32 Å². The van der Waals surface area contributed by atoms with Crippen molar-refractivity contribution in [3.63, 3.8) is 0 Å². The quantitative estimate of drug-likeness (QED) is 0.846. The number of carbonyl (C=O) groups is 1. The molecule has 5 heteroatoms. The maximum Gasteiger partial charge on any atom is 0.227 e. The maximum atomic E-state index is 12.4. The van der Waals surface area contributed by atoms with E-state index in [0.717, 1.165) is 19.5 Å². The van der Waals surface area contributed by atoms with Gasteiger partial charge in [-0.05, 0) is 24.4 Å². The molecule has 1 aromatic rings. The average molecular weight is 268 g/mol. The molecule has 1 atom stereocenters. The molecule has 2 rings (SSSR count).